The van der Waals surface area contributed by atoms with E-state index in [0.717, 1.165) is 0 Å². The van der Waals surface area contributed by atoms with E-state index in [0.29, 0.717) is 36.7 Å². The molecule has 0 saturated carbocycles. The first-order chi connectivity index (χ1) is 10.1. The maximum Gasteiger partial charge on any atom is 0.254 e. The summed E-state index contributed by atoms with van der Waals surface area (Å²) in [6, 6.07) is 5.10. The Balaban J connectivity index is 2.12. The van der Waals surface area contributed by atoms with Gasteiger partial charge in [-0.3, -0.25) is 4.79 Å². The van der Waals surface area contributed by atoms with Gasteiger partial charge in [-0.05, 0) is 25.1 Å². The molecular formula is C15H22N2O4. The average Bonchev–Trinajstić information content (AvgIpc) is 2.92. The van der Waals surface area contributed by atoms with Crippen LogP contribution in [0.2, 0.25) is 0 Å². The largest absolute Gasteiger partial charge is 0.492 e. The van der Waals surface area contributed by atoms with Crippen LogP contribution in [-0.4, -0.2) is 56.9 Å². The molecule has 0 radical (unpaired) electrons. The molecule has 2 unspecified atom stereocenters. The van der Waals surface area contributed by atoms with Gasteiger partial charge in [0.25, 0.3) is 5.91 Å². The first kappa shape index (κ1) is 15.6. The van der Waals surface area contributed by atoms with Crippen molar-refractivity contribution in [1.29, 1.82) is 0 Å². The molecule has 0 aliphatic carbocycles. The number of hydrogen-bond donors (Lipinski definition) is 1. The van der Waals surface area contributed by atoms with Crippen molar-refractivity contribution in [2.75, 3.05) is 39.6 Å². The van der Waals surface area contributed by atoms with E-state index in [4.69, 9.17) is 19.9 Å². The summed E-state index contributed by atoms with van der Waals surface area (Å²) in [6.45, 7) is 3.45. The number of methoxy groups -OCH3 is 2. The number of nitrogen functional groups attached to an aromatic ring is 1. The van der Waals surface area contributed by atoms with Gasteiger partial charge in [-0.25, -0.2) is 0 Å². The number of nitrogens with zero attached hydrogens (tertiary/aromatic N) is 1. The maximum atomic E-state index is 12.5. The molecule has 116 valence electrons. The van der Waals surface area contributed by atoms with Crippen LogP contribution < -0.4 is 10.5 Å². The third-order valence-electron chi connectivity index (χ3n) is 3.66. The zero-order valence-corrected chi connectivity index (χ0v) is 12.7. The van der Waals surface area contributed by atoms with E-state index in [9.17, 15) is 4.79 Å². The van der Waals surface area contributed by atoms with Gasteiger partial charge < -0.3 is 24.8 Å². The number of nitrogens with two attached hydrogens (primary N) is 1. The van der Waals surface area contributed by atoms with Crippen LogP contribution >= 0.6 is 0 Å². The van der Waals surface area contributed by atoms with Crippen molar-refractivity contribution >= 4 is 11.6 Å². The molecule has 1 aromatic rings. The highest BCUT2D eigenvalue weighted by atomic mass is 16.5. The van der Waals surface area contributed by atoms with E-state index >= 15 is 0 Å². The third kappa shape index (κ3) is 3.28. The molecule has 0 spiro atoms. The first-order valence-electron chi connectivity index (χ1n) is 6.97. The summed E-state index contributed by atoms with van der Waals surface area (Å²) in [7, 11) is 3.25. The number of likely N-dealkylation sites (tertiary alicyclic amines) is 1. The van der Waals surface area contributed by atoms with Gasteiger partial charge in [0.15, 0.2) is 0 Å². The SMILES string of the molecule is CCOc1ccc(C(=O)N2CC(OC)C(OC)C2)cc1N. The van der Waals surface area contributed by atoms with Crippen molar-refractivity contribution in [3.8, 4) is 5.75 Å². The van der Waals surface area contributed by atoms with Crippen LogP contribution in [0.15, 0.2) is 18.2 Å². The molecule has 0 bridgehead atoms. The van der Waals surface area contributed by atoms with Crippen LogP contribution in [0.4, 0.5) is 5.69 Å². The number of carbonyl (C=O) groups is 1. The number of benzene rings is 1. The predicted molar refractivity (Wildman–Crippen MR) is 79.5 cm³/mol. The van der Waals surface area contributed by atoms with Crippen LogP contribution in [0.3, 0.4) is 0 Å². The second kappa shape index (κ2) is 6.78. The molecule has 1 aliphatic heterocycles. The standard InChI is InChI=1S/C15H22N2O4/c1-4-21-12-6-5-10(7-11(12)16)15(18)17-8-13(19-2)14(9-17)20-3/h5-7,13-14H,4,8-9,16H2,1-3H3. The van der Waals surface area contributed by atoms with Gasteiger partial charge in [0, 0.05) is 32.9 Å². The van der Waals surface area contributed by atoms with Gasteiger partial charge >= 0.3 is 0 Å². The topological polar surface area (TPSA) is 74.0 Å². The number of rotatable bonds is 5. The fourth-order valence-electron chi connectivity index (χ4n) is 2.51. The minimum absolute atomic E-state index is 0.0775. The van der Waals surface area contributed by atoms with E-state index in [1.165, 1.54) is 0 Å². The maximum absolute atomic E-state index is 12.5. The fraction of sp³-hybridized carbons (Fsp3) is 0.533. The summed E-state index contributed by atoms with van der Waals surface area (Å²) in [6.07, 6.45) is -0.196. The number of hydrogen-bond acceptors (Lipinski definition) is 5. The van der Waals surface area contributed by atoms with Crippen molar-refractivity contribution in [2.24, 2.45) is 0 Å². The lowest BCUT2D eigenvalue weighted by Gasteiger charge is -2.16. The van der Waals surface area contributed by atoms with Gasteiger partial charge in [-0.1, -0.05) is 0 Å². The summed E-state index contributed by atoms with van der Waals surface area (Å²) in [4.78, 5) is 14.2. The Morgan fingerprint density at radius 1 is 1.29 bits per heavy atom. The van der Waals surface area contributed by atoms with Crippen molar-refractivity contribution in [2.45, 2.75) is 19.1 Å². The van der Waals surface area contributed by atoms with E-state index in [1.807, 2.05) is 6.92 Å². The monoisotopic (exact) mass is 294 g/mol. The smallest absolute Gasteiger partial charge is 0.254 e. The van der Waals surface area contributed by atoms with Crippen LogP contribution in [0, 0.1) is 0 Å². The molecule has 0 aromatic heterocycles. The normalized spacial score (nSPS) is 21.6. The second-order valence-corrected chi connectivity index (χ2v) is 4.94. The van der Waals surface area contributed by atoms with E-state index in [1.54, 1.807) is 37.3 Å². The summed E-state index contributed by atoms with van der Waals surface area (Å²) >= 11 is 0. The summed E-state index contributed by atoms with van der Waals surface area (Å²) in [5.41, 5.74) is 6.92. The lowest BCUT2D eigenvalue weighted by molar-refractivity contribution is -0.00461. The van der Waals surface area contributed by atoms with Crippen LogP contribution in [0.25, 0.3) is 0 Å². The Hall–Kier alpha value is -1.79. The Labute approximate surface area is 124 Å². The molecule has 1 saturated heterocycles. The minimum atomic E-state index is -0.0982. The fourth-order valence-corrected chi connectivity index (χ4v) is 2.51. The highest BCUT2D eigenvalue weighted by Crippen LogP contribution is 2.25. The van der Waals surface area contributed by atoms with Gasteiger partial charge in [-0.2, -0.15) is 0 Å². The van der Waals surface area contributed by atoms with Gasteiger partial charge in [0.05, 0.1) is 12.3 Å². The summed E-state index contributed by atoms with van der Waals surface area (Å²) in [5.74, 6) is 0.520. The average molecular weight is 294 g/mol. The highest BCUT2D eigenvalue weighted by molar-refractivity contribution is 5.95. The quantitative estimate of drug-likeness (QED) is 0.825. The van der Waals surface area contributed by atoms with E-state index in [-0.39, 0.29) is 18.1 Å². The van der Waals surface area contributed by atoms with Crippen LogP contribution in [0.5, 0.6) is 5.75 Å². The molecule has 21 heavy (non-hydrogen) atoms. The molecular weight excluding hydrogens is 272 g/mol. The van der Waals surface area contributed by atoms with Crippen molar-refractivity contribution in [3.05, 3.63) is 23.8 Å². The Bertz CT molecular complexity index is 494. The van der Waals surface area contributed by atoms with Crippen molar-refractivity contribution in [3.63, 3.8) is 0 Å². The number of anilines is 1. The molecule has 2 rings (SSSR count). The number of ether oxygens (including phenoxy) is 3. The molecule has 2 N–H and O–H groups in total. The van der Waals surface area contributed by atoms with E-state index in [2.05, 4.69) is 0 Å². The number of carbonyl (C=O) groups excluding carboxylic acids is 1. The molecule has 1 heterocycles. The lowest BCUT2D eigenvalue weighted by Crippen LogP contribution is -2.30. The Morgan fingerprint density at radius 2 is 1.90 bits per heavy atom. The second-order valence-electron chi connectivity index (χ2n) is 4.94. The molecule has 2 atom stereocenters. The lowest BCUT2D eigenvalue weighted by atomic mass is 10.1. The predicted octanol–water partition coefficient (Wildman–Crippen LogP) is 1.15. The van der Waals surface area contributed by atoms with E-state index < -0.39 is 0 Å². The summed E-state index contributed by atoms with van der Waals surface area (Å²) < 4.78 is 16.1. The Morgan fingerprint density at radius 3 is 2.38 bits per heavy atom. The molecule has 1 fully saturated rings. The van der Waals surface area contributed by atoms with Gasteiger partial charge in [0.1, 0.15) is 18.0 Å². The van der Waals surface area contributed by atoms with Crippen LogP contribution in [0.1, 0.15) is 17.3 Å². The zero-order valence-electron chi connectivity index (χ0n) is 12.7. The summed E-state index contributed by atoms with van der Waals surface area (Å²) in [5, 5.41) is 0. The molecule has 1 aliphatic rings. The number of amides is 1. The van der Waals surface area contributed by atoms with Crippen molar-refractivity contribution < 1.29 is 19.0 Å². The third-order valence-corrected chi connectivity index (χ3v) is 3.66. The Kier molecular flexibility index (Phi) is 5.03. The molecule has 6 nitrogen and oxygen atoms in total. The highest BCUT2D eigenvalue weighted by Gasteiger charge is 2.35. The minimum Gasteiger partial charge on any atom is -0.492 e. The molecule has 6 heteroatoms. The first-order valence-corrected chi connectivity index (χ1v) is 6.97. The van der Waals surface area contributed by atoms with Crippen molar-refractivity contribution in [1.82, 2.24) is 4.90 Å². The van der Waals surface area contributed by atoms with Gasteiger partial charge in [0.2, 0.25) is 0 Å². The van der Waals surface area contributed by atoms with Gasteiger partial charge in [-0.15, -0.1) is 0 Å². The molecule has 1 aromatic carbocycles. The van der Waals surface area contributed by atoms with Crippen LogP contribution in [-0.2, 0) is 9.47 Å². The molecule has 1 amide bonds. The zero-order chi connectivity index (χ0) is 15.4.